The summed E-state index contributed by atoms with van der Waals surface area (Å²) in [5.41, 5.74) is 8.70. The number of rotatable bonds is 2. The minimum Gasteiger partial charge on any atom is -0.292 e. The van der Waals surface area contributed by atoms with Crippen molar-refractivity contribution < 1.29 is 0 Å². The highest BCUT2D eigenvalue weighted by molar-refractivity contribution is 6.15. The van der Waals surface area contributed by atoms with E-state index >= 15 is 0 Å². The molecule has 0 spiro atoms. The maximum atomic E-state index is 5.37. The molecule has 0 bridgehead atoms. The van der Waals surface area contributed by atoms with Gasteiger partial charge in [-0.25, -0.2) is 15.0 Å². The smallest absolute Gasteiger partial charge is 0.147 e. The van der Waals surface area contributed by atoms with E-state index in [4.69, 9.17) is 15.0 Å². The molecule has 6 aromatic heterocycles. The van der Waals surface area contributed by atoms with E-state index in [9.17, 15) is 0 Å². The van der Waals surface area contributed by atoms with Crippen LogP contribution in [-0.2, 0) is 6.42 Å². The summed E-state index contributed by atoms with van der Waals surface area (Å²) in [7, 11) is 0. The van der Waals surface area contributed by atoms with Crippen LogP contribution in [0.2, 0.25) is 0 Å². The first-order valence-electron chi connectivity index (χ1n) is 13.4. The van der Waals surface area contributed by atoms with Crippen LogP contribution in [0.4, 0.5) is 5.69 Å². The van der Waals surface area contributed by atoms with Crippen molar-refractivity contribution in [1.29, 1.82) is 0 Å². The number of benzene rings is 2. The highest BCUT2D eigenvalue weighted by Crippen LogP contribution is 2.37. The molecular weight excluding hydrogens is 494 g/mol. The average molecular weight is 516 g/mol. The summed E-state index contributed by atoms with van der Waals surface area (Å²) < 4.78 is 4.40. The van der Waals surface area contributed by atoms with Crippen LogP contribution in [0.15, 0.2) is 102 Å². The van der Waals surface area contributed by atoms with E-state index in [1.807, 2.05) is 30.5 Å². The van der Waals surface area contributed by atoms with Gasteiger partial charge in [-0.2, -0.15) is 0 Å². The third kappa shape index (κ3) is 2.97. The summed E-state index contributed by atoms with van der Waals surface area (Å²) in [6.07, 6.45) is 5.58. The van der Waals surface area contributed by atoms with E-state index in [0.717, 1.165) is 90.8 Å². The van der Waals surface area contributed by atoms with Crippen LogP contribution >= 0.6 is 0 Å². The van der Waals surface area contributed by atoms with Gasteiger partial charge in [-0.1, -0.05) is 36.4 Å². The van der Waals surface area contributed by atoms with Gasteiger partial charge in [-0.15, -0.1) is 0 Å². The number of nitrogens with zero attached hydrogens (tertiary/aromatic N) is 7. The second-order valence-corrected chi connectivity index (χ2v) is 10.1. The van der Waals surface area contributed by atoms with Crippen molar-refractivity contribution in [3.05, 3.63) is 103 Å². The van der Waals surface area contributed by atoms with Gasteiger partial charge in [0.25, 0.3) is 0 Å². The second kappa shape index (κ2) is 8.04. The van der Waals surface area contributed by atoms with Gasteiger partial charge in [-0.3, -0.25) is 19.1 Å². The van der Waals surface area contributed by atoms with Crippen LogP contribution < -0.4 is 0 Å². The van der Waals surface area contributed by atoms with E-state index in [-0.39, 0.29) is 0 Å². The lowest BCUT2D eigenvalue weighted by molar-refractivity contribution is 0.932. The van der Waals surface area contributed by atoms with E-state index in [0.29, 0.717) is 0 Å². The molecule has 1 aliphatic rings. The fourth-order valence-electron chi connectivity index (χ4n) is 6.06. The number of fused-ring (bicyclic) bond motifs is 8. The maximum absolute atomic E-state index is 5.37. The molecule has 40 heavy (non-hydrogen) atoms. The molecule has 7 nitrogen and oxygen atoms in total. The summed E-state index contributed by atoms with van der Waals surface area (Å²) in [6, 6.07) is 31.2. The topological polar surface area (TPSA) is 73.8 Å². The van der Waals surface area contributed by atoms with Gasteiger partial charge in [-0.05, 0) is 67.4 Å². The number of aromatic nitrogens is 6. The van der Waals surface area contributed by atoms with Gasteiger partial charge in [0.15, 0.2) is 0 Å². The molecule has 0 aliphatic carbocycles. The third-order valence-electron chi connectivity index (χ3n) is 7.85. The van der Waals surface area contributed by atoms with Crippen LogP contribution in [-0.4, -0.2) is 35.3 Å². The summed E-state index contributed by atoms with van der Waals surface area (Å²) in [5, 5.41) is 3.29. The largest absolute Gasteiger partial charge is 0.292 e. The lowest BCUT2D eigenvalue weighted by Gasteiger charge is -2.12. The number of aliphatic imine (C=N–C) groups is 1. The fourth-order valence-corrected chi connectivity index (χ4v) is 6.06. The van der Waals surface area contributed by atoms with Crippen molar-refractivity contribution >= 4 is 66.8 Å². The molecule has 0 unspecified atom stereocenters. The molecule has 0 fully saturated rings. The summed E-state index contributed by atoms with van der Waals surface area (Å²) in [5.74, 6) is 1.70. The highest BCUT2D eigenvalue weighted by Gasteiger charge is 2.21. The SMILES string of the molecule is C1=Nc2ccc(-n3c4ccccc4c4nc5c(cc43)c3ccccc3n5-c3ccc4ncccc4n3)nc2CC1. The Hall–Kier alpha value is -5.43. The van der Waals surface area contributed by atoms with Crippen molar-refractivity contribution in [2.45, 2.75) is 12.8 Å². The van der Waals surface area contributed by atoms with Crippen molar-refractivity contribution in [1.82, 2.24) is 29.1 Å². The van der Waals surface area contributed by atoms with Crippen molar-refractivity contribution in [2.75, 3.05) is 0 Å². The number of hydrogen-bond acceptors (Lipinski definition) is 5. The molecule has 9 rings (SSSR count). The first-order chi connectivity index (χ1) is 19.8. The minimum atomic E-state index is 0.819. The zero-order chi connectivity index (χ0) is 26.2. The quantitative estimate of drug-likeness (QED) is 0.243. The monoisotopic (exact) mass is 515 g/mol. The Morgan fingerprint density at radius 1 is 0.600 bits per heavy atom. The zero-order valence-electron chi connectivity index (χ0n) is 21.4. The van der Waals surface area contributed by atoms with Gasteiger partial charge in [0.1, 0.15) is 17.3 Å². The Kier molecular flexibility index (Phi) is 4.32. The lowest BCUT2D eigenvalue weighted by Crippen LogP contribution is -2.03. The standard InChI is InChI=1S/C33H21N7/c1-3-11-27-20(7-1)22-19-29-32(38-33(22)40(27)31-16-14-24-26(37-31)10-6-18-35-24)21-8-2-4-12-28(21)39(29)30-15-13-23-25(36-30)9-5-17-34-23/h1-4,6-8,10-19H,5,9H2. The molecule has 8 aromatic rings. The summed E-state index contributed by atoms with van der Waals surface area (Å²) in [4.78, 5) is 24.4. The minimum absolute atomic E-state index is 0.819. The van der Waals surface area contributed by atoms with E-state index in [1.165, 1.54) is 0 Å². The predicted octanol–water partition coefficient (Wildman–Crippen LogP) is 7.26. The van der Waals surface area contributed by atoms with Crippen LogP contribution in [0, 0.1) is 0 Å². The number of aryl methyl sites for hydroxylation is 1. The molecule has 0 amide bonds. The van der Waals surface area contributed by atoms with Crippen LogP contribution in [0.1, 0.15) is 12.1 Å². The maximum Gasteiger partial charge on any atom is 0.147 e. The molecule has 0 atom stereocenters. The third-order valence-corrected chi connectivity index (χ3v) is 7.85. The summed E-state index contributed by atoms with van der Waals surface area (Å²) in [6.45, 7) is 0. The molecule has 7 heterocycles. The lowest BCUT2D eigenvalue weighted by atomic mass is 10.1. The number of hydrogen-bond donors (Lipinski definition) is 0. The zero-order valence-corrected chi connectivity index (χ0v) is 21.4. The van der Waals surface area contributed by atoms with Crippen LogP contribution in [0.5, 0.6) is 0 Å². The fraction of sp³-hybridized carbons (Fsp3) is 0.0606. The molecule has 0 radical (unpaired) electrons. The summed E-state index contributed by atoms with van der Waals surface area (Å²) >= 11 is 0. The molecular formula is C33H21N7. The van der Waals surface area contributed by atoms with Crippen LogP contribution in [0.3, 0.4) is 0 Å². The average Bonchev–Trinajstić information content (AvgIpc) is 3.51. The van der Waals surface area contributed by atoms with E-state index < -0.39 is 0 Å². The van der Waals surface area contributed by atoms with Gasteiger partial charge in [0, 0.05) is 28.6 Å². The molecule has 188 valence electrons. The molecule has 0 N–H and O–H groups in total. The molecule has 0 saturated heterocycles. The van der Waals surface area contributed by atoms with E-state index in [1.54, 1.807) is 6.20 Å². The highest BCUT2D eigenvalue weighted by atomic mass is 15.1. The first-order valence-corrected chi connectivity index (χ1v) is 13.4. The second-order valence-electron chi connectivity index (χ2n) is 10.1. The van der Waals surface area contributed by atoms with Crippen molar-refractivity contribution in [3.63, 3.8) is 0 Å². The molecule has 1 aliphatic heterocycles. The van der Waals surface area contributed by atoms with Gasteiger partial charge in [0.2, 0.25) is 0 Å². The molecule has 2 aromatic carbocycles. The van der Waals surface area contributed by atoms with Crippen molar-refractivity contribution in [2.24, 2.45) is 4.99 Å². The normalized spacial score (nSPS) is 13.2. The van der Waals surface area contributed by atoms with E-state index in [2.05, 4.69) is 85.8 Å². The van der Waals surface area contributed by atoms with Gasteiger partial charge in [0.05, 0.1) is 44.5 Å². The Bertz CT molecular complexity index is 2340. The Morgan fingerprint density at radius 2 is 1.40 bits per heavy atom. The van der Waals surface area contributed by atoms with Gasteiger partial charge >= 0.3 is 0 Å². The van der Waals surface area contributed by atoms with Crippen molar-refractivity contribution in [3.8, 4) is 11.6 Å². The Morgan fingerprint density at radius 3 is 2.33 bits per heavy atom. The van der Waals surface area contributed by atoms with Gasteiger partial charge < -0.3 is 0 Å². The number of para-hydroxylation sites is 2. The first kappa shape index (κ1) is 21.5. The van der Waals surface area contributed by atoms with Crippen LogP contribution in [0.25, 0.3) is 66.5 Å². The molecule has 0 saturated carbocycles. The predicted molar refractivity (Wildman–Crippen MR) is 160 cm³/mol. The Labute approximate surface area is 228 Å². The Balaban J connectivity index is 1.40. The number of pyridine rings is 4. The molecule has 7 heteroatoms.